The largest absolute Gasteiger partial charge is 0.481 e. The number of likely N-dealkylation sites (tertiary alicyclic amines) is 1. The number of piperidine rings is 1. The average molecular weight is 294 g/mol. The zero-order valence-electron chi connectivity index (χ0n) is 12.8. The number of nitrogens with zero attached hydrogens (tertiary/aromatic N) is 1. The second-order valence-electron chi connectivity index (χ2n) is 7.24. The first kappa shape index (κ1) is 14.8. The number of rotatable bonds is 3. The summed E-state index contributed by atoms with van der Waals surface area (Å²) in [5, 5.41) is 9.55. The van der Waals surface area contributed by atoms with Gasteiger partial charge in [0.15, 0.2) is 0 Å². The molecule has 3 N–H and O–H groups in total. The van der Waals surface area contributed by atoms with E-state index >= 15 is 0 Å². The number of carboxylic acids is 1. The molecule has 2 aliphatic carbocycles. The first-order chi connectivity index (χ1) is 9.98. The van der Waals surface area contributed by atoms with E-state index in [-0.39, 0.29) is 17.9 Å². The van der Waals surface area contributed by atoms with Crippen LogP contribution in [0.3, 0.4) is 0 Å². The Morgan fingerprint density at radius 3 is 2.62 bits per heavy atom. The molecule has 5 heteroatoms. The highest BCUT2D eigenvalue weighted by molar-refractivity contribution is 5.82. The molecule has 2 bridgehead atoms. The normalized spacial score (nSPS) is 42.3. The summed E-state index contributed by atoms with van der Waals surface area (Å²) in [7, 11) is 0. The molecule has 5 nitrogen and oxygen atoms in total. The van der Waals surface area contributed by atoms with Crippen LogP contribution in [-0.2, 0) is 9.59 Å². The average Bonchev–Trinajstić information content (AvgIpc) is 3.07. The topological polar surface area (TPSA) is 83.6 Å². The predicted octanol–water partition coefficient (Wildman–Crippen LogP) is 1.46. The van der Waals surface area contributed by atoms with E-state index in [0.717, 1.165) is 25.7 Å². The fraction of sp³-hybridized carbons (Fsp3) is 0.875. The number of nitrogens with two attached hydrogens (primary N) is 1. The highest BCUT2D eigenvalue weighted by Gasteiger charge is 2.51. The van der Waals surface area contributed by atoms with Crippen molar-refractivity contribution in [1.82, 2.24) is 4.90 Å². The number of carboxylic acid groups (broad SMARTS) is 1. The van der Waals surface area contributed by atoms with Gasteiger partial charge in [0.2, 0.25) is 5.91 Å². The fourth-order valence-electron chi connectivity index (χ4n) is 4.85. The van der Waals surface area contributed by atoms with Gasteiger partial charge in [-0.25, -0.2) is 0 Å². The van der Waals surface area contributed by atoms with E-state index in [1.165, 1.54) is 0 Å². The summed E-state index contributed by atoms with van der Waals surface area (Å²) >= 11 is 0. The minimum absolute atomic E-state index is 0.0148. The number of amides is 1. The molecule has 1 heterocycles. The molecule has 0 aromatic carbocycles. The third kappa shape index (κ3) is 2.26. The van der Waals surface area contributed by atoms with E-state index < -0.39 is 11.4 Å². The van der Waals surface area contributed by atoms with Gasteiger partial charge in [0.1, 0.15) is 0 Å². The Bertz CT molecular complexity index is 451. The number of fused-ring (bicyclic) bond motifs is 2. The predicted molar refractivity (Wildman–Crippen MR) is 78.5 cm³/mol. The molecule has 3 fully saturated rings. The van der Waals surface area contributed by atoms with Gasteiger partial charge < -0.3 is 15.7 Å². The Morgan fingerprint density at radius 2 is 2.05 bits per heavy atom. The lowest BCUT2D eigenvalue weighted by Crippen LogP contribution is -2.54. The third-order valence-electron chi connectivity index (χ3n) is 6.28. The number of hydrogen-bond acceptors (Lipinski definition) is 3. The molecule has 1 amide bonds. The van der Waals surface area contributed by atoms with E-state index in [0.29, 0.717) is 37.8 Å². The van der Waals surface area contributed by atoms with E-state index in [9.17, 15) is 14.7 Å². The standard InChI is InChI=1S/C16H26N2O3/c1-2-16(15(20)21)6-3-7-18(9-16)14(19)12-10-4-5-11(8-10)13(12)17/h10-13H,2-9,17H2,1H3,(H,20,21). The first-order valence-electron chi connectivity index (χ1n) is 8.26. The Kier molecular flexibility index (Phi) is 3.72. The van der Waals surface area contributed by atoms with Crippen LogP contribution in [0, 0.1) is 23.2 Å². The monoisotopic (exact) mass is 294 g/mol. The van der Waals surface area contributed by atoms with Gasteiger partial charge in [-0.2, -0.15) is 0 Å². The van der Waals surface area contributed by atoms with E-state index in [1.807, 2.05) is 6.92 Å². The van der Waals surface area contributed by atoms with Crippen molar-refractivity contribution in [2.75, 3.05) is 13.1 Å². The van der Waals surface area contributed by atoms with Crippen LogP contribution in [0.25, 0.3) is 0 Å². The number of carbonyl (C=O) groups is 2. The zero-order valence-corrected chi connectivity index (χ0v) is 12.8. The van der Waals surface area contributed by atoms with Crippen molar-refractivity contribution in [2.45, 2.75) is 51.5 Å². The lowest BCUT2D eigenvalue weighted by atomic mass is 9.76. The Labute approximate surface area is 125 Å². The van der Waals surface area contributed by atoms with E-state index in [4.69, 9.17) is 5.73 Å². The summed E-state index contributed by atoms with van der Waals surface area (Å²) < 4.78 is 0. The number of hydrogen-bond donors (Lipinski definition) is 2. The molecular formula is C16H26N2O3. The van der Waals surface area contributed by atoms with Crippen LogP contribution in [0.2, 0.25) is 0 Å². The minimum atomic E-state index is -0.764. The molecule has 3 aliphatic rings. The molecule has 1 saturated heterocycles. The van der Waals surface area contributed by atoms with Crippen molar-refractivity contribution in [3.05, 3.63) is 0 Å². The first-order valence-corrected chi connectivity index (χ1v) is 8.26. The van der Waals surface area contributed by atoms with Crippen LogP contribution >= 0.6 is 0 Å². The summed E-state index contributed by atoms with van der Waals surface area (Å²) in [5.41, 5.74) is 5.51. The number of aliphatic carboxylic acids is 1. The molecule has 5 atom stereocenters. The van der Waals surface area contributed by atoms with Crippen molar-refractivity contribution in [3.8, 4) is 0 Å². The van der Waals surface area contributed by atoms with Gasteiger partial charge in [-0.3, -0.25) is 9.59 Å². The van der Waals surface area contributed by atoms with Crippen molar-refractivity contribution < 1.29 is 14.7 Å². The molecule has 5 unspecified atom stereocenters. The maximum Gasteiger partial charge on any atom is 0.311 e. The highest BCUT2D eigenvalue weighted by atomic mass is 16.4. The Hall–Kier alpha value is -1.10. The van der Waals surface area contributed by atoms with Crippen LogP contribution in [0.15, 0.2) is 0 Å². The maximum absolute atomic E-state index is 12.9. The molecule has 0 spiro atoms. The minimum Gasteiger partial charge on any atom is -0.481 e. The van der Waals surface area contributed by atoms with Crippen molar-refractivity contribution in [2.24, 2.45) is 28.9 Å². The molecule has 0 radical (unpaired) electrons. The van der Waals surface area contributed by atoms with Gasteiger partial charge >= 0.3 is 5.97 Å². The zero-order chi connectivity index (χ0) is 15.2. The molecule has 21 heavy (non-hydrogen) atoms. The van der Waals surface area contributed by atoms with Gasteiger partial charge in [-0.15, -0.1) is 0 Å². The van der Waals surface area contributed by atoms with Crippen LogP contribution in [0.1, 0.15) is 45.4 Å². The lowest BCUT2D eigenvalue weighted by molar-refractivity contribution is -0.156. The van der Waals surface area contributed by atoms with Crippen LogP contribution < -0.4 is 5.73 Å². The molecule has 0 aromatic heterocycles. The number of carbonyl (C=O) groups excluding carboxylic acids is 1. The summed E-state index contributed by atoms with van der Waals surface area (Å²) in [6, 6.07) is -0.0148. The van der Waals surface area contributed by atoms with E-state index in [1.54, 1.807) is 4.90 Å². The van der Waals surface area contributed by atoms with E-state index in [2.05, 4.69) is 0 Å². The summed E-state index contributed by atoms with van der Waals surface area (Å²) in [4.78, 5) is 26.3. The molecule has 118 valence electrons. The quantitative estimate of drug-likeness (QED) is 0.825. The Balaban J connectivity index is 1.74. The van der Waals surface area contributed by atoms with Crippen molar-refractivity contribution in [3.63, 3.8) is 0 Å². The van der Waals surface area contributed by atoms with Gasteiger partial charge in [0.05, 0.1) is 11.3 Å². The molecule has 3 rings (SSSR count). The molecular weight excluding hydrogens is 268 g/mol. The van der Waals surface area contributed by atoms with Gasteiger partial charge in [-0.1, -0.05) is 6.92 Å². The van der Waals surface area contributed by atoms with Gasteiger partial charge in [-0.05, 0) is 50.4 Å². The second kappa shape index (κ2) is 5.27. The maximum atomic E-state index is 12.9. The van der Waals surface area contributed by atoms with Crippen LogP contribution in [0.5, 0.6) is 0 Å². The molecule has 1 aliphatic heterocycles. The lowest BCUT2D eigenvalue weighted by Gasteiger charge is -2.42. The summed E-state index contributed by atoms with van der Waals surface area (Å²) in [6.07, 6.45) is 5.38. The van der Waals surface area contributed by atoms with Crippen molar-refractivity contribution >= 4 is 11.9 Å². The highest BCUT2D eigenvalue weighted by Crippen LogP contribution is 2.48. The third-order valence-corrected chi connectivity index (χ3v) is 6.28. The fourth-order valence-corrected chi connectivity index (χ4v) is 4.85. The second-order valence-corrected chi connectivity index (χ2v) is 7.24. The van der Waals surface area contributed by atoms with Crippen LogP contribution in [0.4, 0.5) is 0 Å². The summed E-state index contributed by atoms with van der Waals surface area (Å²) in [6.45, 7) is 2.96. The Morgan fingerprint density at radius 1 is 1.33 bits per heavy atom. The van der Waals surface area contributed by atoms with Crippen molar-refractivity contribution in [1.29, 1.82) is 0 Å². The van der Waals surface area contributed by atoms with Crippen LogP contribution in [-0.4, -0.2) is 41.0 Å². The molecule has 0 aromatic rings. The molecule has 2 saturated carbocycles. The summed E-state index contributed by atoms with van der Waals surface area (Å²) in [5.74, 6) is 0.225. The SMILES string of the molecule is CCC1(C(=O)O)CCCN(C(=O)C2C3CCC(C3)C2N)C1. The van der Waals surface area contributed by atoms with Gasteiger partial charge in [0.25, 0.3) is 0 Å². The smallest absolute Gasteiger partial charge is 0.311 e. The van der Waals surface area contributed by atoms with Gasteiger partial charge in [0, 0.05) is 19.1 Å².